The summed E-state index contributed by atoms with van der Waals surface area (Å²) in [5.41, 5.74) is -2.85. The number of carbonyl (C=O) groups excluding carboxylic acids is 1. The predicted octanol–water partition coefficient (Wildman–Crippen LogP) is 5.09. The van der Waals surface area contributed by atoms with Gasteiger partial charge in [0.05, 0.1) is 11.1 Å². The lowest BCUT2D eigenvalue weighted by molar-refractivity contribution is -0.143. The second-order valence-electron chi connectivity index (χ2n) is 7.82. The Balaban J connectivity index is 1.49. The van der Waals surface area contributed by atoms with Crippen molar-refractivity contribution in [3.05, 3.63) is 77.6 Å². The van der Waals surface area contributed by atoms with Crippen LogP contribution in [0.25, 0.3) is 0 Å². The first-order valence-electron chi connectivity index (χ1n) is 10.5. The van der Waals surface area contributed by atoms with Gasteiger partial charge in [0.1, 0.15) is 18.0 Å². The van der Waals surface area contributed by atoms with Gasteiger partial charge in [-0.1, -0.05) is 18.2 Å². The fraction of sp³-hybridized carbons (Fsp3) is 0.261. The van der Waals surface area contributed by atoms with E-state index in [2.05, 4.69) is 20.2 Å². The molecule has 1 fully saturated rings. The molecule has 6 nitrogen and oxygen atoms in total. The van der Waals surface area contributed by atoms with Gasteiger partial charge in [0.2, 0.25) is 0 Å². The molecular weight excluding hydrogens is 476 g/mol. The zero-order chi connectivity index (χ0) is 25.2. The molecule has 184 valence electrons. The van der Waals surface area contributed by atoms with Crippen molar-refractivity contribution >= 4 is 23.2 Å². The van der Waals surface area contributed by atoms with Gasteiger partial charge in [0.25, 0.3) is 5.91 Å². The van der Waals surface area contributed by atoms with Crippen molar-refractivity contribution in [1.82, 2.24) is 9.97 Å². The number of aromatic nitrogens is 2. The lowest BCUT2D eigenvalue weighted by Gasteiger charge is -2.36. The smallest absolute Gasteiger partial charge is 0.368 e. The molecule has 3 aromatic rings. The monoisotopic (exact) mass is 495 g/mol. The summed E-state index contributed by atoms with van der Waals surface area (Å²) < 4.78 is 78.6. The largest absolute Gasteiger partial charge is 0.416 e. The summed E-state index contributed by atoms with van der Waals surface area (Å²) in [7, 11) is 0. The molecule has 0 unspecified atom stereocenters. The molecule has 1 aliphatic rings. The number of rotatable bonds is 4. The van der Waals surface area contributed by atoms with Gasteiger partial charge >= 0.3 is 12.4 Å². The summed E-state index contributed by atoms with van der Waals surface area (Å²) in [5.74, 6) is -0.723. The van der Waals surface area contributed by atoms with Crippen LogP contribution in [0.2, 0.25) is 0 Å². The van der Waals surface area contributed by atoms with E-state index in [1.54, 1.807) is 0 Å². The summed E-state index contributed by atoms with van der Waals surface area (Å²) in [4.78, 5) is 24.7. The molecular formula is C23H19F6N5O. The summed E-state index contributed by atoms with van der Waals surface area (Å²) >= 11 is 0. The van der Waals surface area contributed by atoms with Crippen molar-refractivity contribution in [3.8, 4) is 0 Å². The van der Waals surface area contributed by atoms with Crippen LogP contribution in [0.3, 0.4) is 0 Å². The molecule has 1 amide bonds. The Hall–Kier alpha value is -3.83. The van der Waals surface area contributed by atoms with E-state index in [0.29, 0.717) is 44.1 Å². The predicted molar refractivity (Wildman–Crippen MR) is 117 cm³/mol. The molecule has 1 saturated heterocycles. The lowest BCUT2D eigenvalue weighted by atomic mass is 10.0. The zero-order valence-electron chi connectivity index (χ0n) is 18.1. The topological polar surface area (TPSA) is 61.4 Å². The number of anilines is 3. The van der Waals surface area contributed by atoms with E-state index >= 15 is 0 Å². The Kier molecular flexibility index (Phi) is 6.55. The van der Waals surface area contributed by atoms with E-state index in [1.165, 1.54) is 12.4 Å². The lowest BCUT2D eigenvalue weighted by Crippen LogP contribution is -2.46. The van der Waals surface area contributed by atoms with E-state index in [9.17, 15) is 31.1 Å². The molecule has 2 heterocycles. The number of hydrogen-bond acceptors (Lipinski definition) is 5. The maximum Gasteiger partial charge on any atom is 0.416 e. The van der Waals surface area contributed by atoms with E-state index in [0.717, 1.165) is 5.69 Å². The number of alkyl halides is 6. The highest BCUT2D eigenvalue weighted by Crippen LogP contribution is 2.36. The Bertz CT molecular complexity index is 1160. The molecule has 0 aliphatic carbocycles. The fourth-order valence-electron chi connectivity index (χ4n) is 3.70. The van der Waals surface area contributed by atoms with Gasteiger partial charge in [-0.25, -0.2) is 9.97 Å². The number of halogens is 6. The summed E-state index contributed by atoms with van der Waals surface area (Å²) in [6.07, 6.45) is -8.94. The number of carbonyl (C=O) groups is 1. The van der Waals surface area contributed by atoms with Crippen molar-refractivity contribution in [3.63, 3.8) is 0 Å². The van der Waals surface area contributed by atoms with E-state index < -0.39 is 35.0 Å². The average molecular weight is 495 g/mol. The summed E-state index contributed by atoms with van der Waals surface area (Å²) in [5, 5.41) is 2.27. The molecule has 0 spiro atoms. The molecule has 0 atom stereocenters. The third-order valence-corrected chi connectivity index (χ3v) is 5.47. The van der Waals surface area contributed by atoms with Crippen LogP contribution in [0.5, 0.6) is 0 Å². The highest BCUT2D eigenvalue weighted by molar-refractivity contribution is 6.04. The van der Waals surface area contributed by atoms with Crippen molar-refractivity contribution in [2.45, 2.75) is 12.4 Å². The van der Waals surface area contributed by atoms with Crippen LogP contribution in [0, 0.1) is 0 Å². The van der Waals surface area contributed by atoms with Gasteiger partial charge in [-0.3, -0.25) is 4.79 Å². The standard InChI is InChI=1S/C23H19F6N5O/c24-22(25,26)16-10-15(11-17(12-16)23(27,28)29)21(35)32-19-13-20(31-14-30-19)34-8-6-33(7-9-34)18-4-2-1-3-5-18/h1-5,10-14H,6-9H2,(H,30,31,32,35). The van der Waals surface area contributed by atoms with Crippen LogP contribution >= 0.6 is 0 Å². The fourth-order valence-corrected chi connectivity index (χ4v) is 3.70. The van der Waals surface area contributed by atoms with Crippen LogP contribution in [-0.2, 0) is 12.4 Å². The average Bonchev–Trinajstić information content (AvgIpc) is 2.83. The first-order chi connectivity index (χ1) is 16.5. The van der Waals surface area contributed by atoms with Gasteiger partial charge in [-0.15, -0.1) is 0 Å². The maximum absolute atomic E-state index is 13.1. The van der Waals surface area contributed by atoms with Gasteiger partial charge < -0.3 is 15.1 Å². The number of hydrogen-bond donors (Lipinski definition) is 1. The van der Waals surface area contributed by atoms with Crippen LogP contribution in [0.1, 0.15) is 21.5 Å². The van der Waals surface area contributed by atoms with Crippen molar-refractivity contribution in [1.29, 1.82) is 0 Å². The number of nitrogens with one attached hydrogen (secondary N) is 1. The van der Waals surface area contributed by atoms with Gasteiger partial charge in [0.15, 0.2) is 0 Å². The highest BCUT2D eigenvalue weighted by Gasteiger charge is 2.37. The van der Waals surface area contributed by atoms with Gasteiger partial charge in [-0.05, 0) is 30.3 Å². The molecule has 0 radical (unpaired) electrons. The quantitative estimate of drug-likeness (QED) is 0.511. The van der Waals surface area contributed by atoms with Crippen molar-refractivity contribution in [2.24, 2.45) is 0 Å². The molecule has 4 rings (SSSR count). The van der Waals surface area contributed by atoms with Crippen molar-refractivity contribution in [2.75, 3.05) is 41.3 Å². The zero-order valence-corrected chi connectivity index (χ0v) is 18.1. The Labute approximate surface area is 196 Å². The second-order valence-corrected chi connectivity index (χ2v) is 7.82. The Morgan fingerprint density at radius 2 is 1.34 bits per heavy atom. The Morgan fingerprint density at radius 3 is 1.91 bits per heavy atom. The minimum Gasteiger partial charge on any atom is -0.368 e. The maximum atomic E-state index is 13.1. The van der Waals surface area contributed by atoms with E-state index in [-0.39, 0.29) is 11.9 Å². The SMILES string of the molecule is O=C(Nc1cc(N2CCN(c3ccccc3)CC2)ncn1)c1cc(C(F)(F)F)cc(C(F)(F)F)c1. The normalized spacial score (nSPS) is 14.7. The molecule has 35 heavy (non-hydrogen) atoms. The third kappa shape index (κ3) is 5.81. The van der Waals surface area contributed by atoms with Crippen LogP contribution < -0.4 is 15.1 Å². The third-order valence-electron chi connectivity index (χ3n) is 5.47. The molecule has 1 aromatic heterocycles. The minimum atomic E-state index is -5.06. The number of amides is 1. The number of para-hydroxylation sites is 1. The second kappa shape index (κ2) is 9.43. The van der Waals surface area contributed by atoms with Gasteiger partial charge in [0, 0.05) is 43.5 Å². The first-order valence-corrected chi connectivity index (χ1v) is 10.5. The Morgan fingerprint density at radius 1 is 0.771 bits per heavy atom. The van der Waals surface area contributed by atoms with Crippen molar-refractivity contribution < 1.29 is 31.1 Å². The first kappa shape index (κ1) is 24.3. The summed E-state index contributed by atoms with van der Waals surface area (Å²) in [6, 6.07) is 12.0. The number of piperazine rings is 1. The van der Waals surface area contributed by atoms with Crippen LogP contribution in [0.4, 0.5) is 43.7 Å². The van der Waals surface area contributed by atoms with E-state index in [4.69, 9.17) is 0 Å². The summed E-state index contributed by atoms with van der Waals surface area (Å²) in [6.45, 7) is 2.64. The molecule has 2 aromatic carbocycles. The van der Waals surface area contributed by atoms with Gasteiger partial charge in [-0.2, -0.15) is 26.3 Å². The molecule has 1 aliphatic heterocycles. The van der Waals surface area contributed by atoms with E-state index in [1.807, 2.05) is 35.2 Å². The molecule has 12 heteroatoms. The number of benzene rings is 2. The number of nitrogens with zero attached hydrogens (tertiary/aromatic N) is 4. The molecule has 0 bridgehead atoms. The van der Waals surface area contributed by atoms with Crippen LogP contribution in [0.15, 0.2) is 60.9 Å². The minimum absolute atomic E-state index is 0.0331. The molecule has 1 N–H and O–H groups in total. The van der Waals surface area contributed by atoms with Crippen LogP contribution in [-0.4, -0.2) is 42.1 Å². The highest BCUT2D eigenvalue weighted by atomic mass is 19.4. The molecule has 0 saturated carbocycles.